The van der Waals surface area contributed by atoms with Crippen molar-refractivity contribution in [3.05, 3.63) is 0 Å². The summed E-state index contributed by atoms with van der Waals surface area (Å²) >= 11 is 0. The highest BCUT2D eigenvalue weighted by atomic mass is 32.2. The third-order valence-corrected chi connectivity index (χ3v) is 4.15. The molecule has 0 radical (unpaired) electrons. The lowest BCUT2D eigenvalue weighted by Gasteiger charge is -2.19. The molecule has 0 heterocycles. The van der Waals surface area contributed by atoms with Crippen LogP contribution in [0.1, 0.15) is 13.3 Å². The highest BCUT2D eigenvalue weighted by Gasteiger charge is 2.18. The van der Waals surface area contributed by atoms with Crippen LogP contribution in [0.25, 0.3) is 0 Å². The summed E-state index contributed by atoms with van der Waals surface area (Å²) in [5.74, 6) is 0.200. The Bertz CT molecular complexity index is 242. The van der Waals surface area contributed by atoms with Crippen LogP contribution in [0.4, 0.5) is 0 Å². The summed E-state index contributed by atoms with van der Waals surface area (Å²) in [7, 11) is 0.282. The van der Waals surface area contributed by atoms with Crippen LogP contribution >= 0.6 is 0 Å². The molecule has 0 unspecified atom stereocenters. The Morgan fingerprint density at radius 3 is 2.53 bits per heavy atom. The van der Waals surface area contributed by atoms with Gasteiger partial charge >= 0.3 is 0 Å². The second-order valence-corrected chi connectivity index (χ2v) is 5.35. The second-order valence-electron chi connectivity index (χ2n) is 3.26. The van der Waals surface area contributed by atoms with E-state index in [1.807, 2.05) is 14.0 Å². The molecule has 0 aromatic carbocycles. The molecule has 0 spiro atoms. The van der Waals surface area contributed by atoms with E-state index in [-0.39, 0.29) is 5.75 Å². The predicted molar refractivity (Wildman–Crippen MR) is 61.5 cm³/mol. The first-order valence-corrected chi connectivity index (χ1v) is 6.80. The lowest BCUT2D eigenvalue weighted by molar-refractivity contribution is 0.180. The average molecular weight is 238 g/mol. The van der Waals surface area contributed by atoms with Gasteiger partial charge in [-0.15, -0.1) is 0 Å². The zero-order valence-electron chi connectivity index (χ0n) is 9.82. The largest absolute Gasteiger partial charge is 0.383 e. The number of ether oxygens (including phenoxy) is 1. The van der Waals surface area contributed by atoms with E-state index in [2.05, 4.69) is 5.32 Å². The van der Waals surface area contributed by atoms with Crippen molar-refractivity contribution >= 4 is 10.0 Å². The van der Waals surface area contributed by atoms with Gasteiger partial charge in [-0.3, -0.25) is 0 Å². The zero-order chi connectivity index (χ0) is 11.7. The Morgan fingerprint density at radius 2 is 2.07 bits per heavy atom. The molecule has 0 aromatic rings. The Balaban J connectivity index is 4.13. The van der Waals surface area contributed by atoms with Crippen LogP contribution in [0.3, 0.4) is 0 Å². The molecule has 0 bridgehead atoms. The molecule has 0 aliphatic heterocycles. The van der Waals surface area contributed by atoms with Gasteiger partial charge in [0.1, 0.15) is 0 Å². The van der Waals surface area contributed by atoms with Gasteiger partial charge in [-0.2, -0.15) is 4.31 Å². The van der Waals surface area contributed by atoms with E-state index in [9.17, 15) is 8.42 Å². The SMILES string of the molecule is CCN(CCOC)S(=O)(=O)CCCNC. The number of likely N-dealkylation sites (N-methyl/N-ethyl adjacent to an activating group) is 1. The minimum Gasteiger partial charge on any atom is -0.383 e. The van der Waals surface area contributed by atoms with Gasteiger partial charge in [0.25, 0.3) is 0 Å². The van der Waals surface area contributed by atoms with Crippen LogP contribution in [0.15, 0.2) is 0 Å². The van der Waals surface area contributed by atoms with E-state index in [1.165, 1.54) is 4.31 Å². The van der Waals surface area contributed by atoms with Gasteiger partial charge in [0.2, 0.25) is 10.0 Å². The number of rotatable bonds is 9. The maximum Gasteiger partial charge on any atom is 0.214 e. The Labute approximate surface area is 92.8 Å². The summed E-state index contributed by atoms with van der Waals surface area (Å²) < 4.78 is 29.9. The summed E-state index contributed by atoms with van der Waals surface area (Å²) in [4.78, 5) is 0. The molecule has 0 aromatic heterocycles. The highest BCUT2D eigenvalue weighted by Crippen LogP contribution is 2.02. The summed E-state index contributed by atoms with van der Waals surface area (Å²) in [5, 5.41) is 2.93. The van der Waals surface area contributed by atoms with E-state index in [1.54, 1.807) is 7.11 Å². The van der Waals surface area contributed by atoms with Crippen molar-refractivity contribution in [1.29, 1.82) is 0 Å². The van der Waals surface area contributed by atoms with Gasteiger partial charge in [-0.05, 0) is 20.0 Å². The summed E-state index contributed by atoms with van der Waals surface area (Å²) in [5.41, 5.74) is 0. The quantitative estimate of drug-likeness (QED) is 0.570. The van der Waals surface area contributed by atoms with Crippen LogP contribution in [0, 0.1) is 0 Å². The first kappa shape index (κ1) is 14.8. The van der Waals surface area contributed by atoms with E-state index < -0.39 is 10.0 Å². The standard InChI is InChI=1S/C9H22N2O3S/c1-4-11(7-8-14-3)15(12,13)9-5-6-10-2/h10H,4-9H2,1-3H3. The van der Waals surface area contributed by atoms with Crippen LogP contribution < -0.4 is 5.32 Å². The van der Waals surface area contributed by atoms with Crippen LogP contribution in [-0.2, 0) is 14.8 Å². The Kier molecular flexibility index (Phi) is 7.95. The smallest absolute Gasteiger partial charge is 0.214 e. The van der Waals surface area contributed by atoms with Gasteiger partial charge in [0, 0.05) is 20.2 Å². The maximum atomic E-state index is 11.8. The van der Waals surface area contributed by atoms with Crippen LogP contribution in [-0.4, -0.2) is 58.9 Å². The van der Waals surface area contributed by atoms with Gasteiger partial charge in [-0.25, -0.2) is 8.42 Å². The molecular formula is C9H22N2O3S. The highest BCUT2D eigenvalue weighted by molar-refractivity contribution is 7.89. The van der Waals surface area contributed by atoms with Crippen molar-refractivity contribution in [2.45, 2.75) is 13.3 Å². The molecule has 0 saturated carbocycles. The van der Waals surface area contributed by atoms with Crippen LogP contribution in [0.5, 0.6) is 0 Å². The topological polar surface area (TPSA) is 58.6 Å². The van der Waals surface area contributed by atoms with Gasteiger partial charge < -0.3 is 10.1 Å². The summed E-state index contributed by atoms with van der Waals surface area (Å²) in [6.07, 6.45) is 0.641. The van der Waals surface area contributed by atoms with E-state index in [0.717, 1.165) is 6.54 Å². The third kappa shape index (κ3) is 6.09. The molecule has 0 aliphatic carbocycles. The number of sulfonamides is 1. The summed E-state index contributed by atoms with van der Waals surface area (Å²) in [6.45, 7) is 3.95. The molecule has 92 valence electrons. The molecule has 5 nitrogen and oxygen atoms in total. The molecule has 0 fully saturated rings. The molecular weight excluding hydrogens is 216 g/mol. The molecule has 0 atom stereocenters. The van der Waals surface area contributed by atoms with Crippen molar-refractivity contribution in [3.8, 4) is 0 Å². The van der Waals surface area contributed by atoms with Gasteiger partial charge in [0.15, 0.2) is 0 Å². The first-order valence-electron chi connectivity index (χ1n) is 5.19. The van der Waals surface area contributed by atoms with Crippen LogP contribution in [0.2, 0.25) is 0 Å². The second kappa shape index (κ2) is 8.04. The molecule has 0 rings (SSSR count). The lowest BCUT2D eigenvalue weighted by atomic mass is 10.5. The minimum absolute atomic E-state index is 0.200. The molecule has 1 N–H and O–H groups in total. The number of hydrogen-bond acceptors (Lipinski definition) is 4. The van der Waals surface area contributed by atoms with Gasteiger partial charge in [-0.1, -0.05) is 6.92 Å². The number of hydrogen-bond donors (Lipinski definition) is 1. The van der Waals surface area contributed by atoms with Crippen molar-refractivity contribution in [1.82, 2.24) is 9.62 Å². The Hall–Kier alpha value is -0.170. The summed E-state index contributed by atoms with van der Waals surface area (Å²) in [6, 6.07) is 0. The fraction of sp³-hybridized carbons (Fsp3) is 1.00. The van der Waals surface area contributed by atoms with E-state index in [4.69, 9.17) is 4.74 Å². The molecule has 6 heteroatoms. The average Bonchev–Trinajstić information content (AvgIpc) is 2.19. The molecule has 0 saturated heterocycles. The fourth-order valence-corrected chi connectivity index (χ4v) is 2.76. The van der Waals surface area contributed by atoms with Crippen molar-refractivity contribution in [2.24, 2.45) is 0 Å². The third-order valence-electron chi connectivity index (χ3n) is 2.12. The predicted octanol–water partition coefficient (Wildman–Crippen LogP) is -0.106. The van der Waals surface area contributed by atoms with Crippen molar-refractivity contribution in [3.63, 3.8) is 0 Å². The normalized spacial score (nSPS) is 12.3. The Morgan fingerprint density at radius 1 is 1.40 bits per heavy atom. The van der Waals surface area contributed by atoms with Crippen molar-refractivity contribution < 1.29 is 13.2 Å². The molecule has 15 heavy (non-hydrogen) atoms. The van der Waals surface area contributed by atoms with E-state index in [0.29, 0.717) is 26.1 Å². The molecule has 0 amide bonds. The minimum atomic E-state index is -3.10. The van der Waals surface area contributed by atoms with Gasteiger partial charge in [0.05, 0.1) is 12.4 Å². The fourth-order valence-electron chi connectivity index (χ4n) is 1.25. The lowest BCUT2D eigenvalue weighted by Crippen LogP contribution is -2.36. The number of methoxy groups -OCH3 is 1. The first-order chi connectivity index (χ1) is 7.08. The van der Waals surface area contributed by atoms with E-state index >= 15 is 0 Å². The number of nitrogens with one attached hydrogen (secondary N) is 1. The monoisotopic (exact) mass is 238 g/mol. The molecule has 0 aliphatic rings. The zero-order valence-corrected chi connectivity index (χ0v) is 10.6. The maximum absolute atomic E-state index is 11.8. The number of nitrogens with zero attached hydrogens (tertiary/aromatic N) is 1. The van der Waals surface area contributed by atoms with Crippen molar-refractivity contribution in [2.75, 3.05) is 46.2 Å².